The summed E-state index contributed by atoms with van der Waals surface area (Å²) in [4.78, 5) is 8.36. The number of rotatable bonds is 4. The molecular weight excluding hydrogens is 224 g/mol. The van der Waals surface area contributed by atoms with Crippen LogP contribution in [-0.4, -0.2) is 17.1 Å². The van der Waals surface area contributed by atoms with Crippen LogP contribution in [0.4, 0.5) is 0 Å². The van der Waals surface area contributed by atoms with Gasteiger partial charge < -0.3 is 4.74 Å². The molecular formula is C15H18N2O. The molecule has 0 unspecified atom stereocenters. The van der Waals surface area contributed by atoms with Gasteiger partial charge >= 0.3 is 0 Å². The van der Waals surface area contributed by atoms with Crippen molar-refractivity contribution in [1.82, 2.24) is 9.97 Å². The van der Waals surface area contributed by atoms with Crippen molar-refractivity contribution >= 4 is 0 Å². The van der Waals surface area contributed by atoms with Gasteiger partial charge in [-0.15, -0.1) is 0 Å². The lowest BCUT2D eigenvalue weighted by Gasteiger charge is -2.33. The third-order valence-corrected chi connectivity index (χ3v) is 3.28. The lowest BCUT2D eigenvalue weighted by atomic mass is 9.77. The van der Waals surface area contributed by atoms with Crippen molar-refractivity contribution in [2.24, 2.45) is 0 Å². The molecule has 3 heteroatoms. The van der Waals surface area contributed by atoms with Gasteiger partial charge in [-0.3, -0.25) is 9.97 Å². The summed E-state index contributed by atoms with van der Waals surface area (Å²) < 4.78 is 5.69. The Morgan fingerprint density at radius 1 is 1.06 bits per heavy atom. The van der Waals surface area contributed by atoms with Crippen LogP contribution in [0.2, 0.25) is 0 Å². The van der Waals surface area contributed by atoms with Crippen LogP contribution < -0.4 is 0 Å². The molecule has 0 fully saturated rings. The molecule has 0 radical (unpaired) electrons. The lowest BCUT2D eigenvalue weighted by Crippen LogP contribution is -2.28. The summed E-state index contributed by atoms with van der Waals surface area (Å²) >= 11 is 0. The van der Waals surface area contributed by atoms with Gasteiger partial charge in [0.1, 0.15) is 0 Å². The average Bonchev–Trinajstić information content (AvgIpc) is 2.41. The number of hydrogen-bond donors (Lipinski definition) is 0. The molecule has 0 saturated heterocycles. The summed E-state index contributed by atoms with van der Waals surface area (Å²) in [5.41, 5.74) is 2.07. The maximum Gasteiger partial charge on any atom is 0.0927 e. The zero-order chi connectivity index (χ0) is 13.0. The van der Waals surface area contributed by atoms with Gasteiger partial charge in [0.2, 0.25) is 0 Å². The van der Waals surface area contributed by atoms with Gasteiger partial charge in [-0.2, -0.15) is 0 Å². The minimum absolute atomic E-state index is 0.0459. The number of ether oxygens (including phenoxy) is 1. The van der Waals surface area contributed by atoms with Gasteiger partial charge in [-0.25, -0.2) is 0 Å². The highest BCUT2D eigenvalue weighted by Crippen LogP contribution is 2.38. The van der Waals surface area contributed by atoms with Crippen molar-refractivity contribution in [3.63, 3.8) is 0 Å². The number of nitrogens with zero attached hydrogens (tertiary/aromatic N) is 2. The van der Waals surface area contributed by atoms with Crippen LogP contribution in [-0.2, 0) is 10.2 Å². The highest BCUT2D eigenvalue weighted by Gasteiger charge is 2.33. The molecule has 2 heterocycles. The number of pyridine rings is 2. The first-order valence-corrected chi connectivity index (χ1v) is 5.99. The topological polar surface area (TPSA) is 35.0 Å². The van der Waals surface area contributed by atoms with Crippen LogP contribution in [0.1, 0.15) is 31.1 Å². The maximum absolute atomic E-state index is 5.69. The second kappa shape index (κ2) is 5.27. The molecule has 94 valence electrons. The van der Waals surface area contributed by atoms with E-state index in [-0.39, 0.29) is 11.5 Å². The standard InChI is InChI=1S/C15H18N2O/c1-15(2,13-7-5-9-17-11-13)14(18-3)12-6-4-8-16-10-12/h4-11,14H,1-3H3/t14-/m0/s1. The van der Waals surface area contributed by atoms with Crippen molar-refractivity contribution in [1.29, 1.82) is 0 Å². The van der Waals surface area contributed by atoms with E-state index in [1.807, 2.05) is 30.6 Å². The molecule has 1 atom stereocenters. The van der Waals surface area contributed by atoms with Crippen molar-refractivity contribution in [2.45, 2.75) is 25.4 Å². The van der Waals surface area contributed by atoms with Crippen LogP contribution >= 0.6 is 0 Å². The van der Waals surface area contributed by atoms with Crippen LogP contribution in [0.25, 0.3) is 0 Å². The molecule has 0 aliphatic rings. The molecule has 2 aromatic rings. The summed E-state index contributed by atoms with van der Waals surface area (Å²) in [5.74, 6) is 0. The van der Waals surface area contributed by atoms with Gasteiger partial charge in [-0.05, 0) is 23.3 Å². The number of methoxy groups -OCH3 is 1. The largest absolute Gasteiger partial charge is 0.376 e. The molecule has 0 aromatic carbocycles. The zero-order valence-electron chi connectivity index (χ0n) is 11.0. The van der Waals surface area contributed by atoms with Crippen LogP contribution in [0.3, 0.4) is 0 Å². The van der Waals surface area contributed by atoms with E-state index < -0.39 is 0 Å². The Labute approximate surface area is 108 Å². The number of hydrogen-bond acceptors (Lipinski definition) is 3. The second-order valence-corrected chi connectivity index (χ2v) is 4.87. The Kier molecular flexibility index (Phi) is 3.72. The van der Waals surface area contributed by atoms with Crippen LogP contribution in [0.15, 0.2) is 49.1 Å². The molecule has 2 aromatic heterocycles. The highest BCUT2D eigenvalue weighted by atomic mass is 16.5. The Hall–Kier alpha value is -1.74. The van der Waals surface area contributed by atoms with Crippen molar-refractivity contribution in [2.75, 3.05) is 7.11 Å². The summed E-state index contributed by atoms with van der Waals surface area (Å²) in [6, 6.07) is 8.00. The maximum atomic E-state index is 5.69. The monoisotopic (exact) mass is 242 g/mol. The fourth-order valence-electron chi connectivity index (χ4n) is 2.27. The molecule has 0 saturated carbocycles. The van der Waals surface area contributed by atoms with E-state index in [2.05, 4.69) is 29.9 Å². The zero-order valence-corrected chi connectivity index (χ0v) is 11.0. The van der Waals surface area contributed by atoms with Gasteiger partial charge in [0.15, 0.2) is 0 Å². The van der Waals surface area contributed by atoms with E-state index in [1.165, 1.54) is 0 Å². The van der Waals surface area contributed by atoms with Crippen molar-refractivity contribution in [3.8, 4) is 0 Å². The van der Waals surface area contributed by atoms with E-state index >= 15 is 0 Å². The summed E-state index contributed by atoms with van der Waals surface area (Å²) in [5, 5.41) is 0. The Bertz CT molecular complexity index is 482. The summed E-state index contributed by atoms with van der Waals surface area (Å²) in [6.07, 6.45) is 7.25. The predicted octanol–water partition coefficient (Wildman–Crippen LogP) is 3.14. The molecule has 0 aliphatic carbocycles. The van der Waals surface area contributed by atoms with Crippen LogP contribution in [0.5, 0.6) is 0 Å². The normalized spacial score (nSPS) is 13.3. The Morgan fingerprint density at radius 2 is 1.72 bits per heavy atom. The minimum atomic E-state index is -0.161. The van der Waals surface area contributed by atoms with E-state index in [1.54, 1.807) is 19.5 Å². The highest BCUT2D eigenvalue weighted by molar-refractivity contribution is 5.27. The SMILES string of the molecule is CO[C@@H](c1cccnc1)C(C)(C)c1cccnc1. The third kappa shape index (κ3) is 2.41. The average molecular weight is 242 g/mol. The first-order chi connectivity index (χ1) is 8.66. The minimum Gasteiger partial charge on any atom is -0.376 e. The fraction of sp³-hybridized carbons (Fsp3) is 0.333. The third-order valence-electron chi connectivity index (χ3n) is 3.28. The van der Waals surface area contributed by atoms with Gasteiger partial charge in [0, 0.05) is 37.3 Å². The Balaban J connectivity index is 2.38. The molecule has 0 aliphatic heterocycles. The molecule has 0 spiro atoms. The van der Waals surface area contributed by atoms with Crippen molar-refractivity contribution in [3.05, 3.63) is 60.2 Å². The molecule has 3 nitrogen and oxygen atoms in total. The van der Waals surface area contributed by atoms with Gasteiger partial charge in [0.05, 0.1) is 6.10 Å². The summed E-state index contributed by atoms with van der Waals surface area (Å²) in [7, 11) is 1.73. The quantitative estimate of drug-likeness (QED) is 0.826. The number of aromatic nitrogens is 2. The van der Waals surface area contributed by atoms with E-state index in [0.29, 0.717) is 0 Å². The molecule has 2 rings (SSSR count). The smallest absolute Gasteiger partial charge is 0.0927 e. The lowest BCUT2D eigenvalue weighted by molar-refractivity contribution is 0.0444. The molecule has 0 bridgehead atoms. The van der Waals surface area contributed by atoms with Crippen molar-refractivity contribution < 1.29 is 4.74 Å². The first-order valence-electron chi connectivity index (χ1n) is 5.99. The predicted molar refractivity (Wildman–Crippen MR) is 71.3 cm³/mol. The van der Waals surface area contributed by atoms with E-state index in [9.17, 15) is 0 Å². The Morgan fingerprint density at radius 3 is 2.22 bits per heavy atom. The van der Waals surface area contributed by atoms with E-state index in [4.69, 9.17) is 4.74 Å². The van der Waals surface area contributed by atoms with E-state index in [0.717, 1.165) is 11.1 Å². The van der Waals surface area contributed by atoms with Gasteiger partial charge in [-0.1, -0.05) is 26.0 Å². The second-order valence-electron chi connectivity index (χ2n) is 4.87. The van der Waals surface area contributed by atoms with Gasteiger partial charge in [0.25, 0.3) is 0 Å². The molecule has 18 heavy (non-hydrogen) atoms. The fourth-order valence-corrected chi connectivity index (χ4v) is 2.27. The molecule has 0 N–H and O–H groups in total. The molecule has 0 amide bonds. The summed E-state index contributed by atoms with van der Waals surface area (Å²) in [6.45, 7) is 4.32. The first kappa shape index (κ1) is 12.7. The van der Waals surface area contributed by atoms with Crippen LogP contribution in [0, 0.1) is 0 Å².